The third-order valence-corrected chi connectivity index (χ3v) is 4.66. The summed E-state index contributed by atoms with van der Waals surface area (Å²) < 4.78 is 0. The molecule has 0 bridgehead atoms. The van der Waals surface area contributed by atoms with E-state index in [9.17, 15) is 5.11 Å². The van der Waals surface area contributed by atoms with Crippen LogP contribution >= 0.6 is 0 Å². The van der Waals surface area contributed by atoms with Crippen LogP contribution in [0, 0.1) is 0 Å². The third kappa shape index (κ3) is 3.21. The van der Waals surface area contributed by atoms with Crippen LogP contribution in [0.1, 0.15) is 45.4 Å². The van der Waals surface area contributed by atoms with Crippen molar-refractivity contribution in [3.05, 3.63) is 0 Å². The van der Waals surface area contributed by atoms with E-state index in [0.717, 1.165) is 19.0 Å². The van der Waals surface area contributed by atoms with E-state index < -0.39 is 0 Å². The van der Waals surface area contributed by atoms with Crippen LogP contribution in [0.15, 0.2) is 0 Å². The normalized spacial score (nSPS) is 35.6. The largest absolute Gasteiger partial charge is 0.391 e. The maximum absolute atomic E-state index is 10.1. The summed E-state index contributed by atoms with van der Waals surface area (Å²) in [6.45, 7) is 5.83. The number of hydrogen-bond donors (Lipinski definition) is 1. The molecule has 0 aromatic carbocycles. The van der Waals surface area contributed by atoms with Crippen molar-refractivity contribution in [2.45, 2.75) is 63.6 Å². The smallest absolute Gasteiger partial charge is 0.0695 e. The Hall–Kier alpha value is -0.120. The van der Waals surface area contributed by atoms with Crippen LogP contribution in [0.2, 0.25) is 0 Å². The summed E-state index contributed by atoms with van der Waals surface area (Å²) in [5, 5.41) is 10.1. The average Bonchev–Trinajstić information content (AvgIpc) is 2.76. The quantitative estimate of drug-likeness (QED) is 0.810. The van der Waals surface area contributed by atoms with Crippen LogP contribution < -0.4 is 0 Å². The average molecular weight is 240 g/mol. The second kappa shape index (κ2) is 6.17. The van der Waals surface area contributed by atoms with Crippen molar-refractivity contribution in [1.29, 1.82) is 0 Å². The lowest BCUT2D eigenvalue weighted by molar-refractivity contribution is 0.0226. The number of aliphatic hydroxyl groups is 1. The molecule has 0 radical (unpaired) electrons. The molecule has 0 amide bonds. The number of hydrogen-bond acceptors (Lipinski definition) is 3. The van der Waals surface area contributed by atoms with E-state index >= 15 is 0 Å². The Bertz CT molecular complexity index is 234. The monoisotopic (exact) mass is 240 g/mol. The van der Waals surface area contributed by atoms with Gasteiger partial charge in [0.25, 0.3) is 0 Å². The zero-order valence-corrected chi connectivity index (χ0v) is 11.4. The molecule has 2 aliphatic rings. The molecule has 100 valence electrons. The predicted octanol–water partition coefficient (Wildman–Crippen LogP) is 1.71. The third-order valence-electron chi connectivity index (χ3n) is 4.66. The molecule has 1 saturated heterocycles. The van der Waals surface area contributed by atoms with Crippen molar-refractivity contribution in [3.63, 3.8) is 0 Å². The molecule has 1 heterocycles. The molecule has 3 unspecified atom stereocenters. The van der Waals surface area contributed by atoms with E-state index in [-0.39, 0.29) is 6.10 Å². The Balaban J connectivity index is 1.84. The first kappa shape index (κ1) is 13.3. The molecule has 0 aromatic rings. The predicted molar refractivity (Wildman–Crippen MR) is 71.2 cm³/mol. The van der Waals surface area contributed by atoms with Gasteiger partial charge in [0.1, 0.15) is 0 Å². The zero-order chi connectivity index (χ0) is 12.3. The van der Waals surface area contributed by atoms with Crippen molar-refractivity contribution >= 4 is 0 Å². The van der Waals surface area contributed by atoms with Crippen LogP contribution in [-0.4, -0.2) is 59.8 Å². The summed E-state index contributed by atoms with van der Waals surface area (Å²) in [6, 6.07) is 1.13. The van der Waals surface area contributed by atoms with Gasteiger partial charge in [-0.05, 0) is 45.8 Å². The second-order valence-corrected chi connectivity index (χ2v) is 5.78. The molecule has 1 aliphatic heterocycles. The minimum atomic E-state index is -0.0924. The van der Waals surface area contributed by atoms with Gasteiger partial charge in [0, 0.05) is 18.6 Å². The summed E-state index contributed by atoms with van der Waals surface area (Å²) >= 11 is 0. The molecule has 3 atom stereocenters. The van der Waals surface area contributed by atoms with E-state index in [1.54, 1.807) is 0 Å². The van der Waals surface area contributed by atoms with Gasteiger partial charge in [-0.3, -0.25) is 9.80 Å². The van der Waals surface area contributed by atoms with Crippen molar-refractivity contribution in [2.24, 2.45) is 0 Å². The highest BCUT2D eigenvalue weighted by Gasteiger charge is 2.30. The van der Waals surface area contributed by atoms with Crippen LogP contribution in [0.25, 0.3) is 0 Å². The minimum Gasteiger partial charge on any atom is -0.391 e. The summed E-state index contributed by atoms with van der Waals surface area (Å²) in [5.74, 6) is 0. The van der Waals surface area contributed by atoms with E-state index in [0.29, 0.717) is 6.04 Å². The van der Waals surface area contributed by atoms with Crippen molar-refractivity contribution in [1.82, 2.24) is 9.80 Å². The lowest BCUT2D eigenvalue weighted by Gasteiger charge is -2.37. The number of nitrogens with zero attached hydrogens (tertiary/aromatic N) is 2. The molecule has 0 aromatic heterocycles. The molecule has 0 spiro atoms. The summed E-state index contributed by atoms with van der Waals surface area (Å²) in [7, 11) is 2.20. The summed E-state index contributed by atoms with van der Waals surface area (Å²) in [6.07, 6.45) is 7.25. The number of rotatable bonds is 4. The standard InChI is InChI=1S/C14H28N2O/c1-3-16-10-6-7-12(16)11-15(2)13-8-4-5-9-14(13)17/h12-14,17H,3-11H2,1-2H3. The van der Waals surface area contributed by atoms with Crippen LogP contribution in [0.4, 0.5) is 0 Å². The van der Waals surface area contributed by atoms with E-state index in [1.165, 1.54) is 45.2 Å². The summed E-state index contributed by atoms with van der Waals surface area (Å²) in [5.41, 5.74) is 0. The zero-order valence-electron chi connectivity index (χ0n) is 11.4. The second-order valence-electron chi connectivity index (χ2n) is 5.78. The Morgan fingerprint density at radius 2 is 1.94 bits per heavy atom. The fourth-order valence-corrected chi connectivity index (χ4v) is 3.59. The molecule has 3 heteroatoms. The first-order valence-electron chi connectivity index (χ1n) is 7.34. The number of likely N-dealkylation sites (N-methyl/N-ethyl adjacent to an activating group) is 2. The lowest BCUT2D eigenvalue weighted by atomic mass is 9.91. The Morgan fingerprint density at radius 3 is 2.65 bits per heavy atom. The molecule has 3 nitrogen and oxygen atoms in total. The van der Waals surface area contributed by atoms with Gasteiger partial charge in [-0.1, -0.05) is 19.8 Å². The van der Waals surface area contributed by atoms with Crippen LogP contribution in [0.5, 0.6) is 0 Å². The first-order chi connectivity index (χ1) is 8.22. The van der Waals surface area contributed by atoms with Crippen molar-refractivity contribution in [3.8, 4) is 0 Å². The van der Waals surface area contributed by atoms with Gasteiger partial charge >= 0.3 is 0 Å². The van der Waals surface area contributed by atoms with Gasteiger partial charge in [-0.2, -0.15) is 0 Å². The van der Waals surface area contributed by atoms with E-state index in [4.69, 9.17) is 0 Å². The van der Waals surface area contributed by atoms with Gasteiger partial charge in [0.2, 0.25) is 0 Å². The Morgan fingerprint density at radius 1 is 1.18 bits per heavy atom. The highest BCUT2D eigenvalue weighted by Crippen LogP contribution is 2.24. The number of aliphatic hydroxyl groups excluding tert-OH is 1. The van der Waals surface area contributed by atoms with Crippen LogP contribution in [-0.2, 0) is 0 Å². The fraction of sp³-hybridized carbons (Fsp3) is 1.00. The minimum absolute atomic E-state index is 0.0924. The Kier molecular flexibility index (Phi) is 4.83. The first-order valence-corrected chi connectivity index (χ1v) is 7.34. The maximum Gasteiger partial charge on any atom is 0.0695 e. The lowest BCUT2D eigenvalue weighted by Crippen LogP contribution is -2.48. The fourth-order valence-electron chi connectivity index (χ4n) is 3.59. The molecular formula is C14H28N2O. The summed E-state index contributed by atoms with van der Waals surface area (Å²) in [4.78, 5) is 5.01. The van der Waals surface area contributed by atoms with E-state index in [1.807, 2.05) is 0 Å². The van der Waals surface area contributed by atoms with Gasteiger partial charge in [-0.15, -0.1) is 0 Å². The van der Waals surface area contributed by atoms with Crippen molar-refractivity contribution < 1.29 is 5.11 Å². The molecule has 2 fully saturated rings. The van der Waals surface area contributed by atoms with Gasteiger partial charge in [-0.25, -0.2) is 0 Å². The SMILES string of the molecule is CCN1CCCC1CN(C)C1CCCCC1O. The highest BCUT2D eigenvalue weighted by molar-refractivity contribution is 4.86. The number of likely N-dealkylation sites (tertiary alicyclic amines) is 1. The molecule has 1 aliphatic carbocycles. The van der Waals surface area contributed by atoms with Crippen molar-refractivity contribution in [2.75, 3.05) is 26.7 Å². The van der Waals surface area contributed by atoms with Gasteiger partial charge < -0.3 is 5.11 Å². The highest BCUT2D eigenvalue weighted by atomic mass is 16.3. The van der Waals surface area contributed by atoms with Crippen LogP contribution in [0.3, 0.4) is 0 Å². The van der Waals surface area contributed by atoms with Gasteiger partial charge in [0.15, 0.2) is 0 Å². The maximum atomic E-state index is 10.1. The molecular weight excluding hydrogens is 212 g/mol. The molecule has 1 N–H and O–H groups in total. The Labute approximate surface area is 106 Å². The molecule has 2 rings (SSSR count). The molecule has 17 heavy (non-hydrogen) atoms. The topological polar surface area (TPSA) is 26.7 Å². The molecule has 1 saturated carbocycles. The van der Waals surface area contributed by atoms with E-state index in [2.05, 4.69) is 23.8 Å². The van der Waals surface area contributed by atoms with Gasteiger partial charge in [0.05, 0.1) is 6.10 Å².